The SMILES string of the molecule is CC(C(=O)N(C)C1CC2CCC(C1)N2)c1cc2ccccc2o1.Cl. The van der Waals surface area contributed by atoms with Gasteiger partial charge in [-0.25, -0.2) is 0 Å². The van der Waals surface area contributed by atoms with E-state index in [2.05, 4.69) is 5.32 Å². The molecule has 130 valence electrons. The van der Waals surface area contributed by atoms with E-state index in [4.69, 9.17) is 4.42 Å². The molecule has 2 aliphatic heterocycles. The van der Waals surface area contributed by atoms with E-state index in [1.807, 2.05) is 49.2 Å². The highest BCUT2D eigenvalue weighted by molar-refractivity contribution is 5.86. The molecule has 1 aromatic heterocycles. The van der Waals surface area contributed by atoms with E-state index in [9.17, 15) is 4.79 Å². The van der Waals surface area contributed by atoms with Gasteiger partial charge in [0.1, 0.15) is 11.3 Å². The van der Waals surface area contributed by atoms with Crippen LogP contribution < -0.4 is 5.32 Å². The maximum Gasteiger partial charge on any atom is 0.233 e. The van der Waals surface area contributed by atoms with Gasteiger partial charge in [-0.05, 0) is 44.7 Å². The van der Waals surface area contributed by atoms with Crippen LogP contribution in [0.1, 0.15) is 44.3 Å². The summed E-state index contributed by atoms with van der Waals surface area (Å²) >= 11 is 0. The summed E-state index contributed by atoms with van der Waals surface area (Å²) in [6.07, 6.45) is 4.65. The average molecular weight is 349 g/mol. The van der Waals surface area contributed by atoms with Crippen LogP contribution in [0.15, 0.2) is 34.7 Å². The van der Waals surface area contributed by atoms with Gasteiger partial charge in [0, 0.05) is 30.6 Å². The van der Waals surface area contributed by atoms with Crippen molar-refractivity contribution in [2.45, 2.75) is 56.7 Å². The Labute approximate surface area is 149 Å². The molecule has 3 unspecified atom stereocenters. The van der Waals surface area contributed by atoms with E-state index in [1.54, 1.807) is 0 Å². The van der Waals surface area contributed by atoms with Gasteiger partial charge in [-0.1, -0.05) is 18.2 Å². The van der Waals surface area contributed by atoms with Crippen LogP contribution in [0.25, 0.3) is 11.0 Å². The summed E-state index contributed by atoms with van der Waals surface area (Å²) in [6.45, 7) is 1.95. The maximum absolute atomic E-state index is 12.9. The molecule has 0 aliphatic carbocycles. The van der Waals surface area contributed by atoms with Gasteiger partial charge in [-0.3, -0.25) is 4.79 Å². The van der Waals surface area contributed by atoms with Gasteiger partial charge in [-0.15, -0.1) is 12.4 Å². The molecule has 1 amide bonds. The summed E-state index contributed by atoms with van der Waals surface area (Å²) in [4.78, 5) is 14.9. The lowest BCUT2D eigenvalue weighted by atomic mass is 9.97. The summed E-state index contributed by atoms with van der Waals surface area (Å²) in [6, 6.07) is 11.5. The van der Waals surface area contributed by atoms with Gasteiger partial charge >= 0.3 is 0 Å². The first-order valence-corrected chi connectivity index (χ1v) is 8.63. The predicted molar refractivity (Wildman–Crippen MR) is 97.6 cm³/mol. The van der Waals surface area contributed by atoms with Gasteiger partial charge < -0.3 is 14.6 Å². The summed E-state index contributed by atoms with van der Waals surface area (Å²) in [5.74, 6) is 0.690. The van der Waals surface area contributed by atoms with E-state index >= 15 is 0 Å². The number of carbonyl (C=O) groups excluding carboxylic acids is 1. The van der Waals surface area contributed by atoms with E-state index in [1.165, 1.54) is 12.8 Å². The van der Waals surface area contributed by atoms with Crippen LogP contribution in [-0.4, -0.2) is 36.0 Å². The van der Waals surface area contributed by atoms with Gasteiger partial charge in [-0.2, -0.15) is 0 Å². The summed E-state index contributed by atoms with van der Waals surface area (Å²) < 4.78 is 5.88. The molecule has 2 aromatic rings. The van der Waals surface area contributed by atoms with Crippen LogP contribution in [0.4, 0.5) is 0 Å². The lowest BCUT2D eigenvalue weighted by molar-refractivity contribution is -0.134. The summed E-state index contributed by atoms with van der Waals surface area (Å²) in [5, 5.41) is 4.70. The van der Waals surface area contributed by atoms with Gasteiger partial charge in [0.2, 0.25) is 5.91 Å². The molecule has 1 N–H and O–H groups in total. The zero-order valence-electron chi connectivity index (χ0n) is 14.2. The molecule has 3 atom stereocenters. The summed E-state index contributed by atoms with van der Waals surface area (Å²) in [7, 11) is 1.96. The standard InChI is InChI=1S/C19H24N2O2.ClH/c1-12(18-9-13-5-3-4-6-17(13)23-18)19(22)21(2)16-10-14-7-8-15(11-16)20-14;/h3-6,9,12,14-16,20H,7-8,10-11H2,1-2H3;1H. The Morgan fingerprint density at radius 3 is 2.58 bits per heavy atom. The third-order valence-electron chi connectivity index (χ3n) is 5.59. The number of halogens is 1. The molecule has 0 spiro atoms. The van der Waals surface area contributed by atoms with E-state index in [-0.39, 0.29) is 24.2 Å². The van der Waals surface area contributed by atoms with Crippen molar-refractivity contribution in [2.24, 2.45) is 0 Å². The van der Waals surface area contributed by atoms with Crippen molar-refractivity contribution < 1.29 is 9.21 Å². The number of carbonyl (C=O) groups is 1. The number of piperidine rings is 1. The van der Waals surface area contributed by atoms with E-state index in [0.717, 1.165) is 29.6 Å². The van der Waals surface area contributed by atoms with E-state index < -0.39 is 0 Å². The molecule has 4 nitrogen and oxygen atoms in total. The molecular weight excluding hydrogens is 324 g/mol. The van der Waals surface area contributed by atoms with Crippen LogP contribution in [0.2, 0.25) is 0 Å². The molecule has 2 saturated heterocycles. The molecule has 24 heavy (non-hydrogen) atoms. The molecule has 2 bridgehead atoms. The molecule has 3 heterocycles. The number of benzene rings is 1. The first-order chi connectivity index (χ1) is 11.1. The Hall–Kier alpha value is -1.52. The van der Waals surface area contributed by atoms with Crippen molar-refractivity contribution in [1.82, 2.24) is 10.2 Å². The molecule has 0 saturated carbocycles. The number of nitrogens with one attached hydrogen (secondary N) is 1. The number of rotatable bonds is 3. The topological polar surface area (TPSA) is 45.5 Å². The number of nitrogens with zero attached hydrogens (tertiary/aromatic N) is 1. The first kappa shape index (κ1) is 17.3. The molecule has 0 radical (unpaired) electrons. The number of para-hydroxylation sites is 1. The zero-order chi connectivity index (χ0) is 16.0. The molecule has 1 aromatic carbocycles. The Balaban J connectivity index is 0.00000169. The average Bonchev–Trinajstić information content (AvgIpc) is 3.15. The number of hydrogen-bond donors (Lipinski definition) is 1. The fourth-order valence-corrected chi connectivity index (χ4v) is 4.17. The molecule has 2 fully saturated rings. The largest absolute Gasteiger partial charge is 0.460 e. The number of furan rings is 1. The normalized spacial score (nSPS) is 26.8. The van der Waals surface area contributed by atoms with Gasteiger partial charge in [0.25, 0.3) is 0 Å². The smallest absolute Gasteiger partial charge is 0.233 e. The van der Waals surface area contributed by atoms with Crippen molar-refractivity contribution in [2.75, 3.05) is 7.05 Å². The second-order valence-corrected chi connectivity index (χ2v) is 7.12. The van der Waals surface area contributed by atoms with Crippen LogP contribution in [0.3, 0.4) is 0 Å². The first-order valence-electron chi connectivity index (χ1n) is 8.63. The molecular formula is C19H25ClN2O2. The Bertz CT molecular complexity index is 684. The van der Waals surface area contributed by atoms with Crippen molar-refractivity contribution >= 4 is 29.3 Å². The number of likely N-dealkylation sites (N-methyl/N-ethyl adjacent to an activating group) is 1. The Morgan fingerprint density at radius 2 is 1.92 bits per heavy atom. The molecule has 5 heteroatoms. The molecule has 4 rings (SSSR count). The highest BCUT2D eigenvalue weighted by Crippen LogP contribution is 2.31. The lowest BCUT2D eigenvalue weighted by Crippen LogP contribution is -2.49. The lowest BCUT2D eigenvalue weighted by Gasteiger charge is -2.36. The fraction of sp³-hybridized carbons (Fsp3) is 0.526. The van der Waals surface area contributed by atoms with Crippen molar-refractivity contribution in [1.29, 1.82) is 0 Å². The zero-order valence-corrected chi connectivity index (χ0v) is 15.0. The minimum atomic E-state index is -0.236. The predicted octanol–water partition coefficient (Wildman–Crippen LogP) is 3.70. The fourth-order valence-electron chi connectivity index (χ4n) is 4.17. The number of hydrogen-bond acceptors (Lipinski definition) is 3. The van der Waals surface area contributed by atoms with Gasteiger partial charge in [0.05, 0.1) is 5.92 Å². The van der Waals surface area contributed by atoms with Crippen molar-refractivity contribution in [3.63, 3.8) is 0 Å². The number of amides is 1. The minimum absolute atomic E-state index is 0. The maximum atomic E-state index is 12.9. The third-order valence-corrected chi connectivity index (χ3v) is 5.59. The second-order valence-electron chi connectivity index (χ2n) is 7.12. The quantitative estimate of drug-likeness (QED) is 0.919. The Morgan fingerprint density at radius 1 is 1.25 bits per heavy atom. The third kappa shape index (κ3) is 3.05. The highest BCUT2D eigenvalue weighted by atomic mass is 35.5. The molecule has 2 aliphatic rings. The van der Waals surface area contributed by atoms with Crippen LogP contribution in [0, 0.1) is 0 Å². The van der Waals surface area contributed by atoms with Crippen molar-refractivity contribution in [3.05, 3.63) is 36.1 Å². The Kier molecular flexibility index (Phi) is 4.88. The van der Waals surface area contributed by atoms with Crippen molar-refractivity contribution in [3.8, 4) is 0 Å². The second kappa shape index (κ2) is 6.77. The van der Waals surface area contributed by atoms with E-state index in [0.29, 0.717) is 18.1 Å². The summed E-state index contributed by atoms with van der Waals surface area (Å²) in [5.41, 5.74) is 0.852. The van der Waals surface area contributed by atoms with Crippen LogP contribution in [0.5, 0.6) is 0 Å². The van der Waals surface area contributed by atoms with Crippen LogP contribution in [-0.2, 0) is 4.79 Å². The van der Waals surface area contributed by atoms with Crippen LogP contribution >= 0.6 is 12.4 Å². The number of fused-ring (bicyclic) bond motifs is 3. The highest BCUT2D eigenvalue weighted by Gasteiger charge is 2.37. The van der Waals surface area contributed by atoms with Gasteiger partial charge in [0.15, 0.2) is 0 Å². The monoisotopic (exact) mass is 348 g/mol. The minimum Gasteiger partial charge on any atom is -0.460 e.